The number of imide groups is 1. The van der Waals surface area contributed by atoms with Crippen LogP contribution in [0.1, 0.15) is 22.7 Å². The van der Waals surface area contributed by atoms with E-state index in [4.69, 9.17) is 4.84 Å². The lowest BCUT2D eigenvalue weighted by molar-refractivity contribution is -0.141. The summed E-state index contributed by atoms with van der Waals surface area (Å²) in [6, 6.07) is 15.6. The van der Waals surface area contributed by atoms with Gasteiger partial charge in [0.25, 0.3) is 5.91 Å². The Labute approximate surface area is 146 Å². The van der Waals surface area contributed by atoms with Crippen LogP contribution in [0.3, 0.4) is 0 Å². The minimum atomic E-state index is -0.761. The quantitative estimate of drug-likeness (QED) is 0.792. The fourth-order valence-electron chi connectivity index (χ4n) is 3.67. The van der Waals surface area contributed by atoms with E-state index in [9.17, 15) is 9.59 Å². The van der Waals surface area contributed by atoms with E-state index in [1.54, 1.807) is 5.06 Å². The highest BCUT2D eigenvalue weighted by Crippen LogP contribution is 2.46. The monoisotopic (exact) mass is 336 g/mol. The van der Waals surface area contributed by atoms with E-state index in [2.05, 4.69) is 0 Å². The molecule has 0 spiro atoms. The predicted octanol–water partition coefficient (Wildman–Crippen LogP) is 2.78. The van der Waals surface area contributed by atoms with Crippen LogP contribution in [-0.4, -0.2) is 29.9 Å². The van der Waals surface area contributed by atoms with Crippen LogP contribution in [0.5, 0.6) is 0 Å². The molecule has 0 saturated carbocycles. The molecule has 5 nitrogen and oxygen atoms in total. The smallest absolute Gasteiger partial charge is 0.261 e. The van der Waals surface area contributed by atoms with Crippen molar-refractivity contribution in [3.05, 3.63) is 65.2 Å². The molecule has 128 valence electrons. The van der Waals surface area contributed by atoms with Gasteiger partial charge in [-0.15, -0.1) is 0 Å². The molecule has 2 fully saturated rings. The first-order valence-corrected chi connectivity index (χ1v) is 8.38. The number of anilines is 1. The molecule has 2 heterocycles. The molecule has 4 rings (SSSR count). The summed E-state index contributed by atoms with van der Waals surface area (Å²) in [6.45, 7) is 4.02. The average Bonchev–Trinajstić information content (AvgIpc) is 3.09. The minimum absolute atomic E-state index is 0.184. The number of carbonyl (C=O) groups excluding carboxylic acids is 2. The van der Waals surface area contributed by atoms with Gasteiger partial charge in [-0.05, 0) is 31.0 Å². The third-order valence-corrected chi connectivity index (χ3v) is 5.11. The highest BCUT2D eigenvalue weighted by atomic mass is 16.7. The van der Waals surface area contributed by atoms with E-state index >= 15 is 0 Å². The fraction of sp³-hybridized carbons (Fsp3) is 0.300. The molecule has 2 aliphatic heterocycles. The third kappa shape index (κ3) is 2.35. The van der Waals surface area contributed by atoms with E-state index in [1.165, 1.54) is 11.9 Å². The summed E-state index contributed by atoms with van der Waals surface area (Å²) in [6.07, 6.45) is -0.761. The second-order valence-corrected chi connectivity index (χ2v) is 6.76. The van der Waals surface area contributed by atoms with Crippen molar-refractivity contribution >= 4 is 17.5 Å². The van der Waals surface area contributed by atoms with Gasteiger partial charge in [0.2, 0.25) is 5.91 Å². The SMILES string of the molecule is Cc1ccc(C2C3C(=O)N(C)C(=O)C3ON2c2ccccc2C)cc1. The lowest BCUT2D eigenvalue weighted by Crippen LogP contribution is -2.35. The Morgan fingerprint density at radius 1 is 0.920 bits per heavy atom. The maximum absolute atomic E-state index is 12.7. The van der Waals surface area contributed by atoms with Crippen LogP contribution in [0, 0.1) is 19.8 Å². The number of amides is 2. The zero-order valence-corrected chi connectivity index (χ0v) is 14.5. The van der Waals surface area contributed by atoms with Crippen molar-refractivity contribution in [1.82, 2.24) is 4.90 Å². The zero-order chi connectivity index (χ0) is 17.7. The second-order valence-electron chi connectivity index (χ2n) is 6.76. The molecule has 2 saturated heterocycles. The van der Waals surface area contributed by atoms with Crippen molar-refractivity contribution in [3.63, 3.8) is 0 Å². The first kappa shape index (κ1) is 15.8. The topological polar surface area (TPSA) is 49.9 Å². The molecule has 0 aromatic heterocycles. The summed E-state index contributed by atoms with van der Waals surface area (Å²) in [5, 5.41) is 1.75. The Kier molecular flexibility index (Phi) is 3.62. The van der Waals surface area contributed by atoms with E-state index < -0.39 is 12.0 Å². The minimum Gasteiger partial charge on any atom is -0.283 e. The van der Waals surface area contributed by atoms with Gasteiger partial charge in [0, 0.05) is 7.05 Å². The molecule has 0 N–H and O–H groups in total. The Balaban J connectivity index is 1.84. The van der Waals surface area contributed by atoms with Crippen molar-refractivity contribution in [2.45, 2.75) is 26.0 Å². The summed E-state index contributed by atoms with van der Waals surface area (Å²) < 4.78 is 0. The standard InChI is InChI=1S/C20H20N2O3/c1-12-8-10-14(11-9-12)17-16-18(20(24)21(3)19(16)23)25-22(17)15-7-5-4-6-13(15)2/h4-11,16-18H,1-3H3. The van der Waals surface area contributed by atoms with Crippen molar-refractivity contribution in [3.8, 4) is 0 Å². The van der Waals surface area contributed by atoms with Gasteiger partial charge in [-0.2, -0.15) is 0 Å². The van der Waals surface area contributed by atoms with E-state index in [1.807, 2.05) is 62.4 Å². The van der Waals surface area contributed by atoms with Crippen LogP contribution in [0.15, 0.2) is 48.5 Å². The van der Waals surface area contributed by atoms with Crippen LogP contribution in [0.4, 0.5) is 5.69 Å². The highest BCUT2D eigenvalue weighted by Gasteiger charge is 2.58. The Bertz CT molecular complexity index is 846. The number of likely N-dealkylation sites (tertiary alicyclic amines) is 1. The molecule has 2 aromatic carbocycles. The van der Waals surface area contributed by atoms with Crippen LogP contribution < -0.4 is 5.06 Å². The number of likely N-dealkylation sites (N-methyl/N-ethyl adjacent to an activating group) is 1. The normalized spacial score (nSPS) is 25.6. The first-order chi connectivity index (χ1) is 12.0. The molecule has 0 radical (unpaired) electrons. The third-order valence-electron chi connectivity index (χ3n) is 5.11. The summed E-state index contributed by atoms with van der Waals surface area (Å²) in [4.78, 5) is 32.4. The van der Waals surface area contributed by atoms with E-state index in [0.29, 0.717) is 0 Å². The van der Waals surface area contributed by atoms with Crippen molar-refractivity contribution in [2.75, 3.05) is 12.1 Å². The summed E-state index contributed by atoms with van der Waals surface area (Å²) in [7, 11) is 1.52. The molecular weight excluding hydrogens is 316 g/mol. The number of hydrogen-bond acceptors (Lipinski definition) is 4. The molecule has 0 bridgehead atoms. The van der Waals surface area contributed by atoms with E-state index in [0.717, 1.165) is 22.4 Å². The maximum Gasteiger partial charge on any atom is 0.261 e. The summed E-state index contributed by atoms with van der Waals surface area (Å²) in [5.41, 5.74) is 4.03. The Morgan fingerprint density at radius 2 is 1.60 bits per heavy atom. The molecule has 0 aliphatic carbocycles. The van der Waals surface area contributed by atoms with Gasteiger partial charge in [0.15, 0.2) is 6.10 Å². The molecule has 2 aliphatic rings. The zero-order valence-electron chi connectivity index (χ0n) is 14.5. The van der Waals surface area contributed by atoms with E-state index in [-0.39, 0.29) is 17.9 Å². The van der Waals surface area contributed by atoms with Gasteiger partial charge in [-0.3, -0.25) is 19.3 Å². The van der Waals surface area contributed by atoms with Crippen LogP contribution >= 0.6 is 0 Å². The number of para-hydroxylation sites is 1. The van der Waals surface area contributed by atoms with Gasteiger partial charge in [0.05, 0.1) is 11.7 Å². The Hall–Kier alpha value is -2.66. The first-order valence-electron chi connectivity index (χ1n) is 8.38. The second kappa shape index (κ2) is 5.70. The highest BCUT2D eigenvalue weighted by molar-refractivity contribution is 6.07. The van der Waals surface area contributed by atoms with Crippen LogP contribution in [0.2, 0.25) is 0 Å². The average molecular weight is 336 g/mol. The molecular formula is C20H20N2O3. The molecule has 2 amide bonds. The van der Waals surface area contributed by atoms with Crippen molar-refractivity contribution in [1.29, 1.82) is 0 Å². The summed E-state index contributed by atoms with van der Waals surface area (Å²) in [5.74, 6) is -0.986. The molecule has 3 unspecified atom stereocenters. The van der Waals surface area contributed by atoms with Crippen LogP contribution in [-0.2, 0) is 14.4 Å². The number of nitrogens with zero attached hydrogens (tertiary/aromatic N) is 2. The Morgan fingerprint density at radius 3 is 2.28 bits per heavy atom. The number of hydroxylamine groups is 1. The van der Waals surface area contributed by atoms with Gasteiger partial charge < -0.3 is 0 Å². The number of benzene rings is 2. The van der Waals surface area contributed by atoms with Gasteiger partial charge in [-0.1, -0.05) is 48.0 Å². The molecule has 2 aromatic rings. The maximum atomic E-state index is 12.7. The number of rotatable bonds is 2. The lowest BCUT2D eigenvalue weighted by Gasteiger charge is -2.29. The van der Waals surface area contributed by atoms with Gasteiger partial charge >= 0.3 is 0 Å². The van der Waals surface area contributed by atoms with Gasteiger partial charge in [0.1, 0.15) is 5.92 Å². The number of fused-ring (bicyclic) bond motifs is 1. The molecule has 3 atom stereocenters. The number of carbonyl (C=O) groups is 2. The fourth-order valence-corrected chi connectivity index (χ4v) is 3.67. The number of hydrogen-bond donors (Lipinski definition) is 0. The summed E-state index contributed by atoms with van der Waals surface area (Å²) >= 11 is 0. The van der Waals surface area contributed by atoms with Crippen LogP contribution in [0.25, 0.3) is 0 Å². The molecule has 5 heteroatoms. The predicted molar refractivity (Wildman–Crippen MR) is 93.7 cm³/mol. The molecule has 25 heavy (non-hydrogen) atoms. The van der Waals surface area contributed by atoms with Crippen molar-refractivity contribution < 1.29 is 14.4 Å². The largest absolute Gasteiger partial charge is 0.283 e. The lowest BCUT2D eigenvalue weighted by atomic mass is 9.90. The van der Waals surface area contributed by atoms with Crippen molar-refractivity contribution in [2.24, 2.45) is 5.92 Å². The number of aryl methyl sites for hydroxylation is 2. The van der Waals surface area contributed by atoms with Gasteiger partial charge in [-0.25, -0.2) is 5.06 Å².